The van der Waals surface area contributed by atoms with Crippen LogP contribution in [0.4, 0.5) is 4.79 Å². The second-order valence-electron chi connectivity index (χ2n) is 6.33. The molecule has 1 aromatic rings. The molecule has 23 heavy (non-hydrogen) atoms. The van der Waals surface area contributed by atoms with Crippen molar-refractivity contribution in [3.63, 3.8) is 0 Å². The van der Waals surface area contributed by atoms with E-state index >= 15 is 0 Å². The highest BCUT2D eigenvalue weighted by Crippen LogP contribution is 2.41. The molecule has 1 atom stereocenters. The Balaban J connectivity index is 1.42. The maximum atomic E-state index is 12.2. The average molecular weight is 338 g/mol. The van der Waals surface area contributed by atoms with E-state index in [4.69, 9.17) is 4.74 Å². The van der Waals surface area contributed by atoms with Crippen LogP contribution in [0.1, 0.15) is 35.2 Å². The number of amides is 2. The third-order valence-electron chi connectivity index (χ3n) is 4.31. The second kappa shape index (κ2) is 8.08. The Bertz CT molecular complexity index is 510. The van der Waals surface area contributed by atoms with Gasteiger partial charge in [0, 0.05) is 43.9 Å². The van der Waals surface area contributed by atoms with Gasteiger partial charge in [0.25, 0.3) is 0 Å². The summed E-state index contributed by atoms with van der Waals surface area (Å²) in [5.41, 5.74) is 0. The predicted molar refractivity (Wildman–Crippen MR) is 90.7 cm³/mol. The highest BCUT2D eigenvalue weighted by molar-refractivity contribution is 7.11. The van der Waals surface area contributed by atoms with Crippen LogP contribution in [0.25, 0.3) is 0 Å². The van der Waals surface area contributed by atoms with Gasteiger partial charge in [-0.05, 0) is 32.1 Å². The number of carbonyl (C=O) groups is 1. The standard InChI is InChI=1S/C16H26N4O2S/c1-12-11-18-15(23-12)14(13-3-4-13)19-16(21)17-5-7-20-6-2-9-22-10-8-20/h11,13-14H,2-10H2,1H3,(H2,17,19,21)/t14-/m0/s1. The van der Waals surface area contributed by atoms with Gasteiger partial charge >= 0.3 is 6.03 Å². The SMILES string of the molecule is Cc1cnc([C@@H](NC(=O)NCCN2CCCOCC2)C2CC2)s1. The lowest BCUT2D eigenvalue weighted by Gasteiger charge is -2.20. The first-order chi connectivity index (χ1) is 11.2. The fourth-order valence-corrected chi connectivity index (χ4v) is 3.79. The highest BCUT2D eigenvalue weighted by atomic mass is 32.1. The first kappa shape index (κ1) is 16.7. The van der Waals surface area contributed by atoms with E-state index in [0.717, 1.165) is 44.3 Å². The number of nitrogens with zero attached hydrogens (tertiary/aromatic N) is 2. The monoisotopic (exact) mass is 338 g/mol. The highest BCUT2D eigenvalue weighted by Gasteiger charge is 2.35. The van der Waals surface area contributed by atoms with Gasteiger partial charge in [-0.3, -0.25) is 4.90 Å². The van der Waals surface area contributed by atoms with Crippen molar-refractivity contribution in [1.29, 1.82) is 0 Å². The first-order valence-electron chi connectivity index (χ1n) is 8.49. The van der Waals surface area contributed by atoms with Gasteiger partial charge < -0.3 is 15.4 Å². The molecule has 0 spiro atoms. The van der Waals surface area contributed by atoms with Gasteiger partial charge in [0.1, 0.15) is 5.01 Å². The minimum atomic E-state index is -0.0826. The van der Waals surface area contributed by atoms with Gasteiger partial charge in [-0.1, -0.05) is 0 Å². The Morgan fingerprint density at radius 2 is 2.35 bits per heavy atom. The first-order valence-corrected chi connectivity index (χ1v) is 9.31. The summed E-state index contributed by atoms with van der Waals surface area (Å²) in [5.74, 6) is 0.550. The molecule has 2 amide bonds. The zero-order chi connectivity index (χ0) is 16.1. The molecular weight excluding hydrogens is 312 g/mol. The molecule has 6 nitrogen and oxygen atoms in total. The molecule has 2 N–H and O–H groups in total. The molecule has 3 rings (SSSR count). The number of aromatic nitrogens is 1. The summed E-state index contributed by atoms with van der Waals surface area (Å²) in [6.07, 6.45) is 5.31. The van der Waals surface area contributed by atoms with E-state index in [0.29, 0.717) is 12.5 Å². The normalized spacial score (nSPS) is 20.7. The zero-order valence-corrected chi connectivity index (χ0v) is 14.5. The van der Waals surface area contributed by atoms with Crippen molar-refractivity contribution in [2.75, 3.05) is 39.4 Å². The van der Waals surface area contributed by atoms with Crippen LogP contribution in [0.3, 0.4) is 0 Å². The molecule has 1 aliphatic carbocycles. The number of urea groups is 1. The third kappa shape index (κ3) is 5.16. The van der Waals surface area contributed by atoms with Crippen LogP contribution in [-0.2, 0) is 4.74 Å². The van der Waals surface area contributed by atoms with Crippen LogP contribution in [0, 0.1) is 12.8 Å². The quantitative estimate of drug-likeness (QED) is 0.832. The molecule has 1 saturated carbocycles. The minimum Gasteiger partial charge on any atom is -0.380 e. The molecule has 2 aliphatic rings. The smallest absolute Gasteiger partial charge is 0.315 e. The van der Waals surface area contributed by atoms with Gasteiger partial charge in [0.2, 0.25) is 0 Å². The number of ether oxygens (including phenoxy) is 1. The number of thiazole rings is 1. The topological polar surface area (TPSA) is 66.5 Å². The van der Waals surface area contributed by atoms with Gasteiger partial charge in [-0.25, -0.2) is 9.78 Å². The van der Waals surface area contributed by atoms with E-state index in [-0.39, 0.29) is 12.1 Å². The molecule has 0 unspecified atom stereocenters. The third-order valence-corrected chi connectivity index (χ3v) is 5.31. The van der Waals surface area contributed by atoms with Crippen molar-refractivity contribution in [3.05, 3.63) is 16.1 Å². The van der Waals surface area contributed by atoms with Crippen molar-refractivity contribution in [2.24, 2.45) is 5.92 Å². The van der Waals surface area contributed by atoms with E-state index < -0.39 is 0 Å². The van der Waals surface area contributed by atoms with Crippen molar-refractivity contribution in [1.82, 2.24) is 20.5 Å². The summed E-state index contributed by atoms with van der Waals surface area (Å²) in [4.78, 5) is 20.2. The Morgan fingerprint density at radius 1 is 1.48 bits per heavy atom. The number of hydrogen-bond donors (Lipinski definition) is 2. The zero-order valence-electron chi connectivity index (χ0n) is 13.7. The second-order valence-corrected chi connectivity index (χ2v) is 7.60. The summed E-state index contributed by atoms with van der Waals surface area (Å²) in [5, 5.41) is 7.13. The number of aryl methyl sites for hydroxylation is 1. The lowest BCUT2D eigenvalue weighted by molar-refractivity contribution is 0.141. The van der Waals surface area contributed by atoms with E-state index in [1.165, 1.54) is 17.7 Å². The molecule has 2 fully saturated rings. The molecule has 0 bridgehead atoms. The molecule has 0 aromatic carbocycles. The molecule has 1 aliphatic heterocycles. The van der Waals surface area contributed by atoms with Crippen molar-refractivity contribution in [3.8, 4) is 0 Å². The number of nitrogens with one attached hydrogen (secondary N) is 2. The van der Waals surface area contributed by atoms with Crippen LogP contribution < -0.4 is 10.6 Å². The van der Waals surface area contributed by atoms with E-state index in [2.05, 4.69) is 27.4 Å². The molecule has 2 heterocycles. The van der Waals surface area contributed by atoms with E-state index in [9.17, 15) is 4.79 Å². The Kier molecular flexibility index (Phi) is 5.85. The Hall–Kier alpha value is -1.18. The molecule has 1 aromatic heterocycles. The lowest BCUT2D eigenvalue weighted by Crippen LogP contribution is -2.42. The van der Waals surface area contributed by atoms with Crippen molar-refractivity contribution >= 4 is 17.4 Å². The maximum absolute atomic E-state index is 12.2. The largest absolute Gasteiger partial charge is 0.380 e. The van der Waals surface area contributed by atoms with Gasteiger partial charge in [0.05, 0.1) is 12.6 Å². The van der Waals surface area contributed by atoms with E-state index in [1.54, 1.807) is 11.3 Å². The summed E-state index contributed by atoms with van der Waals surface area (Å²) < 4.78 is 5.44. The van der Waals surface area contributed by atoms with Crippen molar-refractivity contribution < 1.29 is 9.53 Å². The fraction of sp³-hybridized carbons (Fsp3) is 0.750. The lowest BCUT2D eigenvalue weighted by atomic mass is 10.2. The predicted octanol–water partition coefficient (Wildman–Crippen LogP) is 1.92. The van der Waals surface area contributed by atoms with Gasteiger partial charge in [-0.15, -0.1) is 11.3 Å². The van der Waals surface area contributed by atoms with E-state index in [1.807, 2.05) is 6.20 Å². The summed E-state index contributed by atoms with van der Waals surface area (Å²) in [6, 6.07) is -0.0129. The summed E-state index contributed by atoms with van der Waals surface area (Å²) in [6.45, 7) is 7.23. The average Bonchev–Trinajstić information content (AvgIpc) is 3.32. The molecule has 128 valence electrons. The van der Waals surface area contributed by atoms with Gasteiger partial charge in [0.15, 0.2) is 0 Å². The van der Waals surface area contributed by atoms with Crippen LogP contribution in [0.15, 0.2) is 6.20 Å². The Morgan fingerprint density at radius 3 is 3.09 bits per heavy atom. The minimum absolute atomic E-state index is 0.0697. The number of rotatable bonds is 6. The Labute approximate surface area is 141 Å². The molecule has 0 radical (unpaired) electrons. The number of hydrogen-bond acceptors (Lipinski definition) is 5. The number of carbonyl (C=O) groups excluding carboxylic acids is 1. The fourth-order valence-electron chi connectivity index (χ4n) is 2.87. The van der Waals surface area contributed by atoms with Crippen LogP contribution in [-0.4, -0.2) is 55.3 Å². The van der Waals surface area contributed by atoms with Crippen LogP contribution in [0.2, 0.25) is 0 Å². The van der Waals surface area contributed by atoms with Crippen molar-refractivity contribution in [2.45, 2.75) is 32.2 Å². The van der Waals surface area contributed by atoms with Crippen LogP contribution in [0.5, 0.6) is 0 Å². The molecular formula is C16H26N4O2S. The summed E-state index contributed by atoms with van der Waals surface area (Å²) in [7, 11) is 0. The van der Waals surface area contributed by atoms with Gasteiger partial charge in [-0.2, -0.15) is 0 Å². The maximum Gasteiger partial charge on any atom is 0.315 e. The van der Waals surface area contributed by atoms with Crippen LogP contribution >= 0.6 is 11.3 Å². The summed E-state index contributed by atoms with van der Waals surface area (Å²) >= 11 is 1.68. The molecule has 1 saturated heterocycles. The molecule has 7 heteroatoms.